The summed E-state index contributed by atoms with van der Waals surface area (Å²) in [7, 11) is 1.56. The summed E-state index contributed by atoms with van der Waals surface area (Å²) in [5.41, 5.74) is 3.63. The van der Waals surface area contributed by atoms with E-state index in [0.717, 1.165) is 16.8 Å². The van der Waals surface area contributed by atoms with Gasteiger partial charge in [-0.05, 0) is 84.8 Å². The third-order valence-corrected chi connectivity index (χ3v) is 9.09. The molecule has 208 valence electrons. The van der Waals surface area contributed by atoms with Crippen LogP contribution < -0.4 is 15.0 Å². The van der Waals surface area contributed by atoms with Crippen LogP contribution in [0.3, 0.4) is 0 Å². The molecule has 7 heteroatoms. The Balaban J connectivity index is 1.52. The zero-order valence-corrected chi connectivity index (χ0v) is 23.8. The average molecular weight is 575 g/mol. The number of halogens is 1. The van der Waals surface area contributed by atoms with Crippen LogP contribution in [0.4, 0.5) is 11.4 Å². The molecule has 3 heterocycles. The second kappa shape index (κ2) is 9.71. The lowest BCUT2D eigenvalue weighted by atomic mass is 9.64. The zero-order valence-electron chi connectivity index (χ0n) is 23.0. The average Bonchev–Trinajstić information content (AvgIpc) is 3.49. The van der Waals surface area contributed by atoms with E-state index in [1.165, 1.54) is 0 Å². The molecule has 42 heavy (non-hydrogen) atoms. The fraction of sp³-hybridized carbons (Fsp3) is 0.171. The lowest BCUT2D eigenvalue weighted by Gasteiger charge is -2.37. The molecule has 4 aromatic carbocycles. The van der Waals surface area contributed by atoms with Crippen LogP contribution in [0.5, 0.6) is 5.75 Å². The Labute approximate surface area is 248 Å². The molecule has 7 rings (SSSR count). The molecule has 1 amide bonds. The highest BCUT2D eigenvalue weighted by molar-refractivity contribution is 6.30. The van der Waals surface area contributed by atoms with Crippen molar-refractivity contribution in [1.82, 2.24) is 0 Å². The molecule has 0 saturated carbocycles. The van der Waals surface area contributed by atoms with Crippen molar-refractivity contribution in [2.45, 2.75) is 24.4 Å². The zero-order chi connectivity index (χ0) is 29.2. The number of ether oxygens (including phenoxy) is 1. The lowest BCUT2D eigenvalue weighted by Crippen LogP contribution is -2.51. The Morgan fingerprint density at radius 3 is 2.33 bits per heavy atom. The predicted molar refractivity (Wildman–Crippen MR) is 164 cm³/mol. The van der Waals surface area contributed by atoms with Crippen molar-refractivity contribution in [3.8, 4) is 5.75 Å². The van der Waals surface area contributed by atoms with Crippen LogP contribution in [0.25, 0.3) is 6.08 Å². The second-order valence-electron chi connectivity index (χ2n) is 11.0. The molecule has 1 spiro atoms. The van der Waals surface area contributed by atoms with Crippen LogP contribution >= 0.6 is 11.6 Å². The van der Waals surface area contributed by atoms with Gasteiger partial charge in [0.15, 0.2) is 11.6 Å². The summed E-state index contributed by atoms with van der Waals surface area (Å²) in [6.07, 6.45) is 3.98. The molecule has 1 saturated heterocycles. The minimum atomic E-state index is -1.36. The minimum Gasteiger partial charge on any atom is -0.497 e. The topological polar surface area (TPSA) is 75.7 Å². The van der Waals surface area contributed by atoms with Gasteiger partial charge in [0.2, 0.25) is 5.91 Å². The Hall–Kier alpha value is -4.68. The first-order chi connectivity index (χ1) is 20.3. The van der Waals surface area contributed by atoms with E-state index in [2.05, 4.69) is 11.4 Å². The number of carbonyl (C=O) groups is 3. The molecular weight excluding hydrogens is 548 g/mol. The number of benzene rings is 4. The lowest BCUT2D eigenvalue weighted by molar-refractivity contribution is -0.121. The standard InChI is InChI=1S/C35H27ClN2O4/c1-20-7-17-28-23(19-20)12-18-29-35(26-5-3-4-6-27(26)37-34(35)41)30(32(39)21-10-15-25(42-2)16-11-21)31(38(28)29)33(40)22-8-13-24(36)14-9-22/h3-19,29-31H,1-2H3,(H,37,41)/t29-,30-,31+,35-/m1/s1. The van der Waals surface area contributed by atoms with Crippen LogP contribution in [0.2, 0.25) is 5.02 Å². The van der Waals surface area contributed by atoms with Gasteiger partial charge < -0.3 is 15.0 Å². The number of rotatable bonds is 5. The molecule has 0 radical (unpaired) electrons. The number of methoxy groups -OCH3 is 1. The quantitative estimate of drug-likeness (QED) is 0.275. The van der Waals surface area contributed by atoms with E-state index < -0.39 is 23.4 Å². The van der Waals surface area contributed by atoms with Gasteiger partial charge in [-0.2, -0.15) is 0 Å². The summed E-state index contributed by atoms with van der Waals surface area (Å²) in [5.74, 6) is -1.26. The maximum atomic E-state index is 14.8. The maximum Gasteiger partial charge on any atom is 0.238 e. The van der Waals surface area contributed by atoms with E-state index in [1.807, 2.05) is 60.4 Å². The van der Waals surface area contributed by atoms with Crippen molar-refractivity contribution >= 4 is 46.5 Å². The highest BCUT2D eigenvalue weighted by atomic mass is 35.5. The normalized spacial score (nSPS) is 23.3. The molecule has 3 aliphatic heterocycles. The van der Waals surface area contributed by atoms with Crippen LogP contribution in [0, 0.1) is 12.8 Å². The van der Waals surface area contributed by atoms with Crippen molar-refractivity contribution in [2.24, 2.45) is 5.92 Å². The summed E-state index contributed by atoms with van der Waals surface area (Å²) in [6.45, 7) is 2.01. The van der Waals surface area contributed by atoms with Gasteiger partial charge in [-0.3, -0.25) is 14.4 Å². The highest BCUT2D eigenvalue weighted by Crippen LogP contribution is 2.58. The Morgan fingerprint density at radius 1 is 0.905 bits per heavy atom. The number of hydrogen-bond acceptors (Lipinski definition) is 5. The van der Waals surface area contributed by atoms with Crippen LogP contribution in [0.1, 0.15) is 37.4 Å². The summed E-state index contributed by atoms with van der Waals surface area (Å²) in [6, 6.07) is 25.5. The van der Waals surface area contributed by atoms with Gasteiger partial charge in [0.05, 0.1) is 19.1 Å². The maximum absolute atomic E-state index is 14.8. The summed E-state index contributed by atoms with van der Waals surface area (Å²) >= 11 is 6.18. The number of carbonyl (C=O) groups excluding carboxylic acids is 3. The van der Waals surface area contributed by atoms with Crippen molar-refractivity contribution in [2.75, 3.05) is 17.3 Å². The molecule has 0 bridgehead atoms. The predicted octanol–water partition coefficient (Wildman–Crippen LogP) is 6.51. The first kappa shape index (κ1) is 26.2. The largest absolute Gasteiger partial charge is 0.497 e. The molecule has 1 N–H and O–H groups in total. The fourth-order valence-electron chi connectivity index (χ4n) is 7.02. The number of fused-ring (bicyclic) bond motifs is 6. The molecule has 6 nitrogen and oxygen atoms in total. The molecule has 0 unspecified atom stereocenters. The molecule has 3 aliphatic rings. The number of aryl methyl sites for hydroxylation is 1. The van der Waals surface area contributed by atoms with Crippen molar-refractivity contribution in [3.05, 3.63) is 130 Å². The van der Waals surface area contributed by atoms with Crippen LogP contribution in [0.15, 0.2) is 97.1 Å². The van der Waals surface area contributed by atoms with E-state index in [1.54, 1.807) is 55.6 Å². The van der Waals surface area contributed by atoms with Crippen molar-refractivity contribution < 1.29 is 19.1 Å². The Kier molecular flexibility index (Phi) is 6.06. The Bertz CT molecular complexity index is 1800. The number of Topliss-reactive ketones (excluding diaryl/α,β-unsaturated/α-hetero) is 2. The number of hydrogen-bond donors (Lipinski definition) is 1. The van der Waals surface area contributed by atoms with E-state index in [9.17, 15) is 14.4 Å². The van der Waals surface area contributed by atoms with Crippen LogP contribution in [-0.2, 0) is 10.2 Å². The van der Waals surface area contributed by atoms with Gasteiger partial charge in [-0.1, -0.05) is 53.6 Å². The number of para-hydroxylation sites is 1. The van der Waals surface area contributed by atoms with Crippen molar-refractivity contribution in [1.29, 1.82) is 0 Å². The minimum absolute atomic E-state index is 0.251. The Morgan fingerprint density at radius 2 is 1.60 bits per heavy atom. The monoisotopic (exact) mass is 574 g/mol. The summed E-state index contributed by atoms with van der Waals surface area (Å²) < 4.78 is 5.33. The van der Waals surface area contributed by atoms with Crippen molar-refractivity contribution in [3.63, 3.8) is 0 Å². The van der Waals surface area contributed by atoms with E-state index in [0.29, 0.717) is 33.1 Å². The third-order valence-electron chi connectivity index (χ3n) is 8.84. The fourth-order valence-corrected chi connectivity index (χ4v) is 7.14. The van der Waals surface area contributed by atoms with E-state index >= 15 is 0 Å². The number of nitrogens with zero attached hydrogens (tertiary/aromatic N) is 1. The second-order valence-corrected chi connectivity index (χ2v) is 11.5. The molecule has 4 atom stereocenters. The molecule has 0 aliphatic carbocycles. The SMILES string of the molecule is COc1ccc(C(=O)[C@H]2[C@@H](C(=O)c3ccc(Cl)cc3)N3c4ccc(C)cc4C=C[C@@H]3[C@@]23C(=O)Nc2ccccc23)cc1. The molecule has 1 fully saturated rings. The number of ketones is 2. The number of anilines is 2. The summed E-state index contributed by atoms with van der Waals surface area (Å²) in [4.78, 5) is 45.9. The number of amides is 1. The molecule has 0 aromatic heterocycles. The van der Waals surface area contributed by atoms with Gasteiger partial charge in [0.1, 0.15) is 17.2 Å². The number of nitrogens with one attached hydrogen (secondary N) is 1. The van der Waals surface area contributed by atoms with E-state index in [4.69, 9.17) is 16.3 Å². The molecular formula is C35H27ClN2O4. The highest BCUT2D eigenvalue weighted by Gasteiger charge is 2.70. The van der Waals surface area contributed by atoms with Gasteiger partial charge in [-0.15, -0.1) is 0 Å². The smallest absolute Gasteiger partial charge is 0.238 e. The van der Waals surface area contributed by atoms with E-state index in [-0.39, 0.29) is 17.5 Å². The first-order valence-corrected chi connectivity index (χ1v) is 14.2. The van der Waals surface area contributed by atoms with Gasteiger partial charge in [-0.25, -0.2) is 0 Å². The first-order valence-electron chi connectivity index (χ1n) is 13.8. The summed E-state index contributed by atoms with van der Waals surface area (Å²) in [5, 5.41) is 3.56. The van der Waals surface area contributed by atoms with Gasteiger partial charge in [0.25, 0.3) is 0 Å². The van der Waals surface area contributed by atoms with Crippen LogP contribution in [-0.4, -0.2) is 36.7 Å². The van der Waals surface area contributed by atoms with Gasteiger partial charge >= 0.3 is 0 Å². The van der Waals surface area contributed by atoms with Gasteiger partial charge in [0, 0.05) is 27.5 Å². The third kappa shape index (κ3) is 3.68. The molecule has 4 aromatic rings.